The summed E-state index contributed by atoms with van der Waals surface area (Å²) in [4.78, 5) is 0. The Balaban J connectivity index is 2.60. The van der Waals surface area contributed by atoms with Crippen LogP contribution in [0, 0.1) is 0 Å². The van der Waals surface area contributed by atoms with E-state index in [-0.39, 0.29) is 0 Å². The molecule has 0 atom stereocenters. The average Bonchev–Trinajstić information content (AvgIpc) is 1.90. The van der Waals surface area contributed by atoms with Crippen molar-refractivity contribution < 1.29 is 0 Å². The minimum atomic E-state index is 0.970. The summed E-state index contributed by atoms with van der Waals surface area (Å²) in [7, 11) is 0. The summed E-state index contributed by atoms with van der Waals surface area (Å²) < 4.78 is 6.93. The number of nitrogens with zero attached hydrogens (tertiary/aromatic N) is 4. The van der Waals surface area contributed by atoms with E-state index in [9.17, 15) is 0 Å². The van der Waals surface area contributed by atoms with Gasteiger partial charge in [-0.3, -0.25) is 0 Å². The molecule has 0 aromatic rings. The maximum atomic E-state index is 3.49. The zero-order chi connectivity index (χ0) is 4.95. The molecular formula is C2H2N4S. The molecule has 0 spiro atoms. The van der Waals surface area contributed by atoms with Gasteiger partial charge in [-0.1, -0.05) is 9.04 Å². The highest BCUT2D eigenvalue weighted by Gasteiger charge is 1.75. The standard InChI is InChI=1S/C2H2N4S/c1-2-4-6-7-5-3-1/h1-2H. The molecule has 36 valence electrons. The Morgan fingerprint density at radius 1 is 1.00 bits per heavy atom. The Hall–Kier alpha value is -0.710. The first-order chi connectivity index (χ1) is 3.50. The maximum Gasteiger partial charge on any atom is 0.160 e. The maximum absolute atomic E-state index is 3.49. The van der Waals surface area contributed by atoms with Crippen LogP contribution in [0.4, 0.5) is 0 Å². The van der Waals surface area contributed by atoms with E-state index in [1.54, 1.807) is 0 Å². The Morgan fingerprint density at radius 2 is 1.57 bits per heavy atom. The van der Waals surface area contributed by atoms with Crippen molar-refractivity contribution in [2.24, 2.45) is 19.3 Å². The molecular weight excluding hydrogens is 112 g/mol. The predicted octanol–water partition coefficient (Wildman–Crippen LogP) is 1.94. The smallest absolute Gasteiger partial charge is 0.148 e. The second-order valence-corrected chi connectivity index (χ2v) is 1.26. The first kappa shape index (κ1) is 4.45. The lowest BCUT2D eigenvalue weighted by Crippen LogP contribution is -1.37. The summed E-state index contributed by atoms with van der Waals surface area (Å²) in [5.41, 5.74) is 0. The lowest BCUT2D eigenvalue weighted by atomic mass is 11.0. The van der Waals surface area contributed by atoms with Crippen LogP contribution < -0.4 is 0 Å². The fraction of sp³-hybridized carbons (Fsp3) is 0. The van der Waals surface area contributed by atoms with Crippen LogP contribution in [0.5, 0.6) is 0 Å². The summed E-state index contributed by atoms with van der Waals surface area (Å²) >= 11 is 0.970. The van der Waals surface area contributed by atoms with Gasteiger partial charge in [0.25, 0.3) is 0 Å². The van der Waals surface area contributed by atoms with Gasteiger partial charge in [0, 0.05) is 0 Å². The summed E-state index contributed by atoms with van der Waals surface area (Å²) in [5, 5.41) is 6.98. The van der Waals surface area contributed by atoms with Crippen LogP contribution in [0.2, 0.25) is 0 Å². The highest BCUT2D eigenvalue weighted by Crippen LogP contribution is 2.07. The first-order valence-corrected chi connectivity index (χ1v) is 2.35. The second-order valence-electron chi connectivity index (χ2n) is 0.774. The third kappa shape index (κ3) is 1.45. The number of hydrogen-bond acceptors (Lipinski definition) is 5. The number of rotatable bonds is 0. The van der Waals surface area contributed by atoms with Gasteiger partial charge in [0.05, 0.1) is 12.4 Å². The minimum absolute atomic E-state index is 0.970. The number of hydrogen-bond donors (Lipinski definition) is 0. The second kappa shape index (κ2) is 2.46. The predicted molar refractivity (Wildman–Crippen MR) is 26.4 cm³/mol. The van der Waals surface area contributed by atoms with Crippen molar-refractivity contribution in [1.82, 2.24) is 0 Å². The van der Waals surface area contributed by atoms with Gasteiger partial charge in [0.2, 0.25) is 0 Å². The van der Waals surface area contributed by atoms with E-state index < -0.39 is 0 Å². The van der Waals surface area contributed by atoms with Gasteiger partial charge >= 0.3 is 0 Å². The van der Waals surface area contributed by atoms with E-state index in [1.165, 1.54) is 12.4 Å². The average molecular weight is 114 g/mol. The fourth-order valence-electron chi connectivity index (χ4n) is 0.173. The van der Waals surface area contributed by atoms with E-state index in [2.05, 4.69) is 19.3 Å². The summed E-state index contributed by atoms with van der Waals surface area (Å²) in [6.07, 6.45) is 2.95. The van der Waals surface area contributed by atoms with Crippen LogP contribution in [0.3, 0.4) is 0 Å². The molecule has 0 saturated heterocycles. The van der Waals surface area contributed by atoms with Crippen molar-refractivity contribution in [3.63, 3.8) is 0 Å². The van der Waals surface area contributed by atoms with E-state index in [0.717, 1.165) is 12.1 Å². The molecule has 1 aliphatic rings. The summed E-state index contributed by atoms with van der Waals surface area (Å²) in [5.74, 6) is 0. The van der Waals surface area contributed by atoms with Gasteiger partial charge in [-0.25, -0.2) is 0 Å². The molecule has 0 aromatic carbocycles. The van der Waals surface area contributed by atoms with Gasteiger partial charge in [-0.15, -0.1) is 10.2 Å². The van der Waals surface area contributed by atoms with Crippen LogP contribution >= 0.6 is 12.1 Å². The minimum Gasteiger partial charge on any atom is -0.148 e. The van der Waals surface area contributed by atoms with Crippen LogP contribution in [0.25, 0.3) is 0 Å². The van der Waals surface area contributed by atoms with E-state index in [4.69, 9.17) is 0 Å². The summed E-state index contributed by atoms with van der Waals surface area (Å²) in [6.45, 7) is 0. The fourth-order valence-corrected chi connectivity index (χ4v) is 0.398. The Morgan fingerprint density at radius 3 is 2.14 bits per heavy atom. The van der Waals surface area contributed by atoms with Crippen LogP contribution in [0.1, 0.15) is 0 Å². The Kier molecular flexibility index (Phi) is 1.56. The molecule has 5 heteroatoms. The normalized spacial score (nSPS) is 17.1. The van der Waals surface area contributed by atoms with Gasteiger partial charge in [0.15, 0.2) is 12.1 Å². The van der Waals surface area contributed by atoms with Gasteiger partial charge in [0.1, 0.15) is 0 Å². The molecule has 0 fully saturated rings. The van der Waals surface area contributed by atoms with Crippen molar-refractivity contribution in [1.29, 1.82) is 0 Å². The molecule has 1 aliphatic heterocycles. The highest BCUT2D eigenvalue weighted by atomic mass is 32.2. The van der Waals surface area contributed by atoms with Gasteiger partial charge in [-0.2, -0.15) is 0 Å². The lowest BCUT2D eigenvalue weighted by molar-refractivity contribution is 1.31. The molecule has 0 bridgehead atoms. The van der Waals surface area contributed by atoms with Crippen molar-refractivity contribution in [3.05, 3.63) is 12.4 Å². The van der Waals surface area contributed by atoms with E-state index in [0.29, 0.717) is 0 Å². The van der Waals surface area contributed by atoms with Crippen LogP contribution in [-0.4, -0.2) is 0 Å². The third-order valence-corrected chi connectivity index (χ3v) is 0.702. The molecule has 1 heterocycles. The molecule has 0 saturated carbocycles. The molecule has 0 radical (unpaired) electrons. The molecule has 0 N–H and O–H groups in total. The van der Waals surface area contributed by atoms with Crippen molar-refractivity contribution >= 4 is 12.1 Å². The zero-order valence-electron chi connectivity index (χ0n) is 3.35. The lowest BCUT2D eigenvalue weighted by Gasteiger charge is -1.65. The SMILES string of the molecule is C1=CN=NSN=N1. The highest BCUT2D eigenvalue weighted by molar-refractivity contribution is 7.96. The molecule has 1 rings (SSSR count). The largest absolute Gasteiger partial charge is 0.160 e. The molecule has 0 amide bonds. The quantitative estimate of drug-likeness (QED) is 0.444. The van der Waals surface area contributed by atoms with E-state index >= 15 is 0 Å². The van der Waals surface area contributed by atoms with Crippen molar-refractivity contribution in [2.75, 3.05) is 0 Å². The molecule has 0 unspecified atom stereocenters. The molecule has 0 aliphatic carbocycles. The van der Waals surface area contributed by atoms with Gasteiger partial charge in [-0.05, 0) is 0 Å². The summed E-state index contributed by atoms with van der Waals surface area (Å²) in [6, 6.07) is 0. The first-order valence-electron chi connectivity index (χ1n) is 1.61. The van der Waals surface area contributed by atoms with Crippen molar-refractivity contribution in [2.45, 2.75) is 0 Å². The zero-order valence-corrected chi connectivity index (χ0v) is 4.17. The Bertz CT molecular complexity index is 112. The topological polar surface area (TPSA) is 49.4 Å². The van der Waals surface area contributed by atoms with Gasteiger partial charge < -0.3 is 0 Å². The Labute approximate surface area is 44.7 Å². The third-order valence-electron chi connectivity index (χ3n) is 0.367. The van der Waals surface area contributed by atoms with Crippen LogP contribution in [0.15, 0.2) is 31.7 Å². The molecule has 4 nitrogen and oxygen atoms in total. The van der Waals surface area contributed by atoms with Crippen LogP contribution in [-0.2, 0) is 0 Å². The van der Waals surface area contributed by atoms with E-state index in [1.807, 2.05) is 0 Å². The molecule has 7 heavy (non-hydrogen) atoms. The van der Waals surface area contributed by atoms with Crippen molar-refractivity contribution in [3.8, 4) is 0 Å². The molecule has 0 aromatic heterocycles. The monoisotopic (exact) mass is 114 g/mol.